The fraction of sp³-hybridized carbons (Fsp3) is 0.400. The summed E-state index contributed by atoms with van der Waals surface area (Å²) in [6, 6.07) is 1.74. The van der Waals surface area contributed by atoms with Gasteiger partial charge in [0.1, 0.15) is 11.5 Å². The third-order valence-electron chi connectivity index (χ3n) is 2.52. The molecule has 0 radical (unpaired) electrons. The van der Waals surface area contributed by atoms with Crippen LogP contribution in [0.5, 0.6) is 0 Å². The van der Waals surface area contributed by atoms with Crippen molar-refractivity contribution in [3.8, 4) is 0 Å². The summed E-state index contributed by atoms with van der Waals surface area (Å²) in [6.07, 6.45) is 2.70. The van der Waals surface area contributed by atoms with Crippen LogP contribution in [0.2, 0.25) is 0 Å². The van der Waals surface area contributed by atoms with Crippen LogP contribution in [0.15, 0.2) is 17.1 Å². The van der Waals surface area contributed by atoms with Gasteiger partial charge in [0.25, 0.3) is 5.56 Å². The van der Waals surface area contributed by atoms with E-state index in [-0.39, 0.29) is 11.5 Å². The first-order chi connectivity index (χ1) is 6.72. The second-order valence-corrected chi connectivity index (χ2v) is 3.50. The summed E-state index contributed by atoms with van der Waals surface area (Å²) in [5.41, 5.74) is 0.607. The van der Waals surface area contributed by atoms with E-state index in [2.05, 4.69) is 21.9 Å². The van der Waals surface area contributed by atoms with Crippen molar-refractivity contribution in [2.45, 2.75) is 26.2 Å². The Hall–Kier alpha value is -1.58. The number of nitrogens with zero attached hydrogens (tertiary/aromatic N) is 1. The molecule has 1 atom stereocenters. The number of rotatable bonds is 2. The van der Waals surface area contributed by atoms with E-state index in [1.165, 1.54) is 0 Å². The predicted molar refractivity (Wildman–Crippen MR) is 55.4 cm³/mol. The Bertz CT molecular complexity index is 497. The average molecular weight is 191 g/mol. The first-order valence-corrected chi connectivity index (χ1v) is 4.79. The van der Waals surface area contributed by atoms with Crippen LogP contribution in [0.3, 0.4) is 0 Å². The average Bonchev–Trinajstić information content (AvgIpc) is 2.64. The third kappa shape index (κ3) is 1.32. The molecule has 0 aliphatic carbocycles. The molecule has 1 unspecified atom stereocenters. The molecule has 0 bridgehead atoms. The molecule has 74 valence electrons. The maximum absolute atomic E-state index is 11.6. The van der Waals surface area contributed by atoms with Gasteiger partial charge in [0.15, 0.2) is 0 Å². The quantitative estimate of drug-likeness (QED) is 0.759. The molecule has 0 saturated carbocycles. The van der Waals surface area contributed by atoms with E-state index < -0.39 is 0 Å². The smallest absolute Gasteiger partial charge is 0.260 e. The van der Waals surface area contributed by atoms with Gasteiger partial charge in [-0.1, -0.05) is 13.8 Å². The predicted octanol–water partition coefficient (Wildman–Crippen LogP) is 1.76. The van der Waals surface area contributed by atoms with Crippen LogP contribution in [0.1, 0.15) is 32.0 Å². The van der Waals surface area contributed by atoms with Crippen LogP contribution in [-0.4, -0.2) is 15.0 Å². The number of fused-ring (bicyclic) bond motifs is 1. The zero-order valence-electron chi connectivity index (χ0n) is 8.29. The van der Waals surface area contributed by atoms with Crippen LogP contribution >= 0.6 is 0 Å². The third-order valence-corrected chi connectivity index (χ3v) is 2.52. The SMILES string of the molecule is CCC(C)c1nc2[nH]ccc2c(=O)[nH]1. The van der Waals surface area contributed by atoms with E-state index in [4.69, 9.17) is 0 Å². The van der Waals surface area contributed by atoms with Gasteiger partial charge in [0.2, 0.25) is 0 Å². The Labute approximate surface area is 81.4 Å². The van der Waals surface area contributed by atoms with Crippen LogP contribution in [-0.2, 0) is 0 Å². The number of hydrogen-bond acceptors (Lipinski definition) is 2. The Kier molecular flexibility index (Phi) is 2.11. The highest BCUT2D eigenvalue weighted by Crippen LogP contribution is 2.14. The minimum atomic E-state index is -0.0634. The van der Waals surface area contributed by atoms with Crippen molar-refractivity contribution in [3.05, 3.63) is 28.4 Å². The minimum Gasteiger partial charge on any atom is -0.346 e. The topological polar surface area (TPSA) is 61.5 Å². The number of H-pyrrole nitrogens is 2. The minimum absolute atomic E-state index is 0.0634. The number of aromatic amines is 2. The van der Waals surface area contributed by atoms with Gasteiger partial charge in [0, 0.05) is 12.1 Å². The van der Waals surface area contributed by atoms with Crippen molar-refractivity contribution in [2.24, 2.45) is 0 Å². The molecule has 2 N–H and O–H groups in total. The number of nitrogens with one attached hydrogen (secondary N) is 2. The number of aromatic nitrogens is 3. The molecule has 4 heteroatoms. The normalized spacial score (nSPS) is 13.3. The first-order valence-electron chi connectivity index (χ1n) is 4.79. The molecule has 4 nitrogen and oxygen atoms in total. The molecular formula is C10H13N3O. The monoisotopic (exact) mass is 191 g/mol. The first kappa shape index (κ1) is 8.99. The molecule has 0 amide bonds. The van der Waals surface area contributed by atoms with Gasteiger partial charge in [0.05, 0.1) is 5.39 Å². The summed E-state index contributed by atoms with van der Waals surface area (Å²) in [7, 11) is 0. The molecule has 0 fully saturated rings. The molecule has 2 aromatic heterocycles. The van der Waals surface area contributed by atoms with Crippen LogP contribution < -0.4 is 5.56 Å². The summed E-state index contributed by atoms with van der Waals surface area (Å²) < 4.78 is 0. The molecule has 0 aliphatic rings. The van der Waals surface area contributed by atoms with Gasteiger partial charge in [-0.15, -0.1) is 0 Å². The van der Waals surface area contributed by atoms with Crippen molar-refractivity contribution < 1.29 is 0 Å². The lowest BCUT2D eigenvalue weighted by Gasteiger charge is -2.06. The Morgan fingerprint density at radius 3 is 3.07 bits per heavy atom. The van der Waals surface area contributed by atoms with E-state index in [1.54, 1.807) is 12.3 Å². The summed E-state index contributed by atoms with van der Waals surface area (Å²) in [5.74, 6) is 1.04. The lowest BCUT2D eigenvalue weighted by atomic mass is 10.1. The molecule has 2 rings (SSSR count). The highest BCUT2D eigenvalue weighted by Gasteiger charge is 2.08. The van der Waals surface area contributed by atoms with Crippen LogP contribution in [0.25, 0.3) is 11.0 Å². The summed E-state index contributed by atoms with van der Waals surface area (Å²) >= 11 is 0. The van der Waals surface area contributed by atoms with Crippen LogP contribution in [0.4, 0.5) is 0 Å². The summed E-state index contributed by atoms with van der Waals surface area (Å²) in [4.78, 5) is 21.7. The zero-order valence-corrected chi connectivity index (χ0v) is 8.29. The van der Waals surface area contributed by atoms with Gasteiger partial charge in [-0.3, -0.25) is 4.79 Å². The maximum Gasteiger partial charge on any atom is 0.260 e. The summed E-state index contributed by atoms with van der Waals surface area (Å²) in [5, 5.41) is 0.622. The van der Waals surface area contributed by atoms with Gasteiger partial charge < -0.3 is 9.97 Å². The second kappa shape index (κ2) is 3.29. The van der Waals surface area contributed by atoms with E-state index in [0.29, 0.717) is 11.0 Å². The lowest BCUT2D eigenvalue weighted by molar-refractivity contribution is 0.679. The van der Waals surface area contributed by atoms with Gasteiger partial charge in [-0.05, 0) is 12.5 Å². The largest absolute Gasteiger partial charge is 0.346 e. The van der Waals surface area contributed by atoms with E-state index in [1.807, 2.05) is 6.92 Å². The zero-order chi connectivity index (χ0) is 10.1. The lowest BCUT2D eigenvalue weighted by Crippen LogP contribution is -2.12. The van der Waals surface area contributed by atoms with Crippen LogP contribution in [0, 0.1) is 0 Å². The molecule has 0 aliphatic heterocycles. The Morgan fingerprint density at radius 2 is 2.36 bits per heavy atom. The number of hydrogen-bond donors (Lipinski definition) is 2. The van der Waals surface area contributed by atoms with Crippen molar-refractivity contribution in [1.29, 1.82) is 0 Å². The van der Waals surface area contributed by atoms with Crippen molar-refractivity contribution in [1.82, 2.24) is 15.0 Å². The highest BCUT2D eigenvalue weighted by atomic mass is 16.1. The molecule has 2 aromatic rings. The molecule has 0 saturated heterocycles. The van der Waals surface area contributed by atoms with Crippen molar-refractivity contribution in [3.63, 3.8) is 0 Å². The molecule has 14 heavy (non-hydrogen) atoms. The van der Waals surface area contributed by atoms with Gasteiger partial charge in [-0.2, -0.15) is 0 Å². The highest BCUT2D eigenvalue weighted by molar-refractivity contribution is 5.73. The van der Waals surface area contributed by atoms with E-state index in [9.17, 15) is 4.79 Å². The van der Waals surface area contributed by atoms with E-state index >= 15 is 0 Å². The fourth-order valence-electron chi connectivity index (χ4n) is 1.40. The maximum atomic E-state index is 11.6. The second-order valence-electron chi connectivity index (χ2n) is 3.50. The van der Waals surface area contributed by atoms with Gasteiger partial charge in [-0.25, -0.2) is 4.98 Å². The van der Waals surface area contributed by atoms with Gasteiger partial charge >= 0.3 is 0 Å². The molecule has 2 heterocycles. The van der Waals surface area contributed by atoms with E-state index in [0.717, 1.165) is 12.2 Å². The Morgan fingerprint density at radius 1 is 1.57 bits per heavy atom. The van der Waals surface area contributed by atoms with Crippen molar-refractivity contribution in [2.75, 3.05) is 0 Å². The Balaban J connectivity index is 2.64. The standard InChI is InChI=1S/C10H13N3O/c1-3-6(2)8-12-9-7(4-5-11-9)10(14)13-8/h4-6H,3H2,1-2H3,(H2,11,12,13,14). The summed E-state index contributed by atoms with van der Waals surface area (Å²) in [6.45, 7) is 4.12. The molecular weight excluding hydrogens is 178 g/mol. The fourth-order valence-corrected chi connectivity index (χ4v) is 1.40. The molecule has 0 spiro atoms. The molecule has 0 aromatic carbocycles. The van der Waals surface area contributed by atoms with Crippen molar-refractivity contribution >= 4 is 11.0 Å².